The Hall–Kier alpha value is -0.750. The van der Waals surface area contributed by atoms with Crippen LogP contribution in [0.5, 0.6) is 0 Å². The van der Waals surface area contributed by atoms with Crippen molar-refractivity contribution >= 4 is 28.5 Å². The molecule has 1 aromatic rings. The van der Waals surface area contributed by atoms with Crippen LogP contribution in [0.3, 0.4) is 0 Å². The molecule has 0 atom stereocenters. The van der Waals surface area contributed by atoms with E-state index >= 15 is 0 Å². The van der Waals surface area contributed by atoms with Gasteiger partial charge in [0.05, 0.1) is 18.4 Å². The Kier molecular flexibility index (Phi) is 3.91. The first-order valence-electron chi connectivity index (χ1n) is 3.02. The number of nitrogens with two attached hydrogens (primary N) is 3. The van der Waals surface area contributed by atoms with E-state index in [1.807, 2.05) is 0 Å². The highest BCUT2D eigenvalue weighted by molar-refractivity contribution is 8.93. The largest absolute Gasteiger partial charge is 0.394 e. The molecule has 0 aliphatic carbocycles. The van der Waals surface area contributed by atoms with Gasteiger partial charge in [0.1, 0.15) is 5.82 Å². The zero-order valence-electron chi connectivity index (χ0n) is 6.03. The summed E-state index contributed by atoms with van der Waals surface area (Å²) < 4.78 is 1.58. The van der Waals surface area contributed by atoms with E-state index in [9.17, 15) is 0 Å². The first kappa shape index (κ1) is 10.2. The summed E-state index contributed by atoms with van der Waals surface area (Å²) in [5.74, 6) is 0.491. The normalized spacial score (nSPS) is 9.18. The van der Waals surface area contributed by atoms with E-state index in [0.717, 1.165) is 0 Å². The van der Waals surface area contributed by atoms with E-state index in [-0.39, 0.29) is 17.0 Å². The predicted molar refractivity (Wildman–Crippen MR) is 50.4 cm³/mol. The van der Waals surface area contributed by atoms with Gasteiger partial charge in [-0.2, -0.15) is 5.10 Å². The molecule has 0 spiro atoms. The number of hydrogen-bond donors (Lipinski definition) is 3. The maximum absolute atomic E-state index is 5.51. The van der Waals surface area contributed by atoms with E-state index in [4.69, 9.17) is 17.2 Å². The molecule has 0 aliphatic rings. The van der Waals surface area contributed by atoms with Crippen LogP contribution in [0.25, 0.3) is 0 Å². The fourth-order valence-corrected chi connectivity index (χ4v) is 0.710. The van der Waals surface area contributed by atoms with Gasteiger partial charge in [-0.25, -0.2) is 4.68 Å². The fraction of sp³-hybridized carbons (Fsp3) is 0.400. The number of halogens is 1. The Balaban J connectivity index is 0.000001000. The number of rotatable bonds is 2. The molecule has 0 aliphatic heterocycles. The molecule has 1 aromatic heterocycles. The van der Waals surface area contributed by atoms with E-state index in [1.54, 1.807) is 4.68 Å². The van der Waals surface area contributed by atoms with Crippen molar-refractivity contribution in [3.63, 3.8) is 0 Å². The molecule has 1 rings (SSSR count). The van der Waals surface area contributed by atoms with Gasteiger partial charge in [0, 0.05) is 6.54 Å². The first-order chi connectivity index (χ1) is 4.75. The molecule has 6 N–H and O–H groups in total. The summed E-state index contributed by atoms with van der Waals surface area (Å²) in [6.07, 6.45) is 1.52. The van der Waals surface area contributed by atoms with Crippen LogP contribution in [-0.2, 0) is 6.54 Å². The molecule has 11 heavy (non-hydrogen) atoms. The van der Waals surface area contributed by atoms with E-state index < -0.39 is 0 Å². The van der Waals surface area contributed by atoms with Crippen LogP contribution in [0.15, 0.2) is 6.20 Å². The van der Waals surface area contributed by atoms with Crippen molar-refractivity contribution in [3.8, 4) is 0 Å². The molecule has 0 saturated heterocycles. The Bertz CT molecular complexity index is 221. The number of hydrogen-bond acceptors (Lipinski definition) is 4. The second-order valence-electron chi connectivity index (χ2n) is 2.00. The lowest BCUT2D eigenvalue weighted by atomic mass is 10.5. The van der Waals surface area contributed by atoms with Crippen LogP contribution >= 0.6 is 17.0 Å². The quantitative estimate of drug-likeness (QED) is 0.633. The SMILES string of the molecule is Br.NCCn1ncc(N)c1N. The van der Waals surface area contributed by atoms with E-state index in [0.29, 0.717) is 24.6 Å². The van der Waals surface area contributed by atoms with Crippen LogP contribution in [0.1, 0.15) is 0 Å². The molecular weight excluding hydrogens is 210 g/mol. The molecule has 5 nitrogen and oxygen atoms in total. The maximum atomic E-state index is 5.51. The molecule has 0 bridgehead atoms. The van der Waals surface area contributed by atoms with Gasteiger partial charge in [0.15, 0.2) is 0 Å². The van der Waals surface area contributed by atoms with Gasteiger partial charge >= 0.3 is 0 Å². The lowest BCUT2D eigenvalue weighted by molar-refractivity contribution is 0.634. The Morgan fingerprint density at radius 3 is 2.45 bits per heavy atom. The van der Waals surface area contributed by atoms with Gasteiger partial charge in [-0.1, -0.05) is 0 Å². The van der Waals surface area contributed by atoms with Crippen molar-refractivity contribution < 1.29 is 0 Å². The highest BCUT2D eigenvalue weighted by atomic mass is 79.9. The second kappa shape index (κ2) is 4.20. The van der Waals surface area contributed by atoms with E-state index in [1.165, 1.54) is 6.20 Å². The van der Waals surface area contributed by atoms with Gasteiger partial charge in [0.2, 0.25) is 0 Å². The number of anilines is 2. The summed E-state index contributed by atoms with van der Waals surface area (Å²) in [6, 6.07) is 0. The summed E-state index contributed by atoms with van der Waals surface area (Å²) in [6.45, 7) is 1.13. The van der Waals surface area contributed by atoms with Crippen molar-refractivity contribution in [1.29, 1.82) is 0 Å². The number of nitrogen functional groups attached to an aromatic ring is 2. The van der Waals surface area contributed by atoms with Crippen molar-refractivity contribution in [2.75, 3.05) is 18.0 Å². The Labute approximate surface area is 75.3 Å². The molecular formula is C5H12BrN5. The topological polar surface area (TPSA) is 95.9 Å². The third-order valence-corrected chi connectivity index (χ3v) is 1.25. The smallest absolute Gasteiger partial charge is 0.145 e. The lowest BCUT2D eigenvalue weighted by Gasteiger charge is -1.99. The summed E-state index contributed by atoms with van der Waals surface area (Å²) in [5, 5.41) is 3.89. The highest BCUT2D eigenvalue weighted by Crippen LogP contribution is 2.10. The molecule has 6 heteroatoms. The van der Waals surface area contributed by atoms with Crippen LogP contribution < -0.4 is 17.2 Å². The number of aromatic nitrogens is 2. The first-order valence-corrected chi connectivity index (χ1v) is 3.02. The van der Waals surface area contributed by atoms with Gasteiger partial charge in [-0.15, -0.1) is 17.0 Å². The molecule has 64 valence electrons. The minimum Gasteiger partial charge on any atom is -0.394 e. The second-order valence-corrected chi connectivity index (χ2v) is 2.00. The average molecular weight is 222 g/mol. The fourth-order valence-electron chi connectivity index (χ4n) is 0.710. The zero-order valence-corrected chi connectivity index (χ0v) is 7.74. The van der Waals surface area contributed by atoms with Gasteiger partial charge in [-0.05, 0) is 0 Å². The highest BCUT2D eigenvalue weighted by Gasteiger charge is 2.00. The van der Waals surface area contributed by atoms with Crippen LogP contribution in [0.2, 0.25) is 0 Å². The summed E-state index contributed by atoms with van der Waals surface area (Å²) >= 11 is 0. The average Bonchev–Trinajstić information content (AvgIpc) is 2.20. The minimum atomic E-state index is 0. The molecule has 0 fully saturated rings. The summed E-state index contributed by atoms with van der Waals surface area (Å²) in [5.41, 5.74) is 16.7. The van der Waals surface area contributed by atoms with Crippen molar-refractivity contribution in [1.82, 2.24) is 9.78 Å². The summed E-state index contributed by atoms with van der Waals surface area (Å²) in [7, 11) is 0. The molecule has 0 saturated carbocycles. The third-order valence-electron chi connectivity index (χ3n) is 1.25. The van der Waals surface area contributed by atoms with Crippen LogP contribution in [0, 0.1) is 0 Å². The van der Waals surface area contributed by atoms with Crippen molar-refractivity contribution in [3.05, 3.63) is 6.20 Å². The molecule has 1 heterocycles. The molecule has 0 unspecified atom stereocenters. The molecule has 0 radical (unpaired) electrons. The van der Waals surface area contributed by atoms with Crippen LogP contribution in [0.4, 0.5) is 11.5 Å². The third kappa shape index (κ3) is 2.09. The van der Waals surface area contributed by atoms with Crippen LogP contribution in [-0.4, -0.2) is 16.3 Å². The zero-order chi connectivity index (χ0) is 7.56. The van der Waals surface area contributed by atoms with Gasteiger partial charge in [-0.3, -0.25) is 0 Å². The molecule has 0 amide bonds. The number of nitrogens with zero attached hydrogens (tertiary/aromatic N) is 2. The minimum absolute atomic E-state index is 0. The predicted octanol–water partition coefficient (Wildman–Crippen LogP) is -0.416. The maximum Gasteiger partial charge on any atom is 0.145 e. The standard InChI is InChI=1S/C5H11N5.BrH/c6-1-2-10-5(8)4(7)3-9-10;/h3H,1-2,6-8H2;1H. The van der Waals surface area contributed by atoms with Crippen molar-refractivity contribution in [2.24, 2.45) is 5.73 Å². The van der Waals surface area contributed by atoms with Crippen molar-refractivity contribution in [2.45, 2.75) is 6.54 Å². The van der Waals surface area contributed by atoms with Gasteiger partial charge < -0.3 is 17.2 Å². The Morgan fingerprint density at radius 2 is 2.09 bits per heavy atom. The summed E-state index contributed by atoms with van der Waals surface area (Å²) in [4.78, 5) is 0. The van der Waals surface area contributed by atoms with E-state index in [2.05, 4.69) is 5.10 Å². The molecule has 0 aromatic carbocycles. The lowest BCUT2D eigenvalue weighted by Crippen LogP contribution is -2.13. The van der Waals surface area contributed by atoms with Gasteiger partial charge in [0.25, 0.3) is 0 Å². The monoisotopic (exact) mass is 221 g/mol. The Morgan fingerprint density at radius 1 is 1.45 bits per heavy atom.